The summed E-state index contributed by atoms with van der Waals surface area (Å²) < 4.78 is 10.7. The number of nitrogens with zero attached hydrogens (tertiary/aromatic N) is 2. The molecule has 0 bridgehead atoms. The first kappa shape index (κ1) is 20.2. The zero-order valence-corrected chi connectivity index (χ0v) is 18.1. The van der Waals surface area contributed by atoms with Gasteiger partial charge in [0.15, 0.2) is 11.5 Å². The van der Waals surface area contributed by atoms with E-state index in [-0.39, 0.29) is 12.4 Å². The third-order valence-corrected chi connectivity index (χ3v) is 6.17. The standard InChI is InChI=1S/C22H20Cl2N4O3/c23-16-3-1-14(7-17(16)24)10-28-6-5-18-15(11-28)21(29)27-22(26-18)25-9-13-2-4-19-20(8-13)31-12-30-19/h1-4,7-8H,5-6,9-12H2,(H2,25,26,27,29). The van der Waals surface area contributed by atoms with Crippen LogP contribution in [-0.2, 0) is 26.1 Å². The van der Waals surface area contributed by atoms with Crippen molar-refractivity contribution in [3.63, 3.8) is 0 Å². The minimum Gasteiger partial charge on any atom is -0.454 e. The summed E-state index contributed by atoms with van der Waals surface area (Å²) in [4.78, 5) is 22.4. The molecule has 2 aliphatic rings. The van der Waals surface area contributed by atoms with Crippen molar-refractivity contribution in [1.29, 1.82) is 0 Å². The Hall–Kier alpha value is -2.74. The summed E-state index contributed by atoms with van der Waals surface area (Å²) in [5, 5.41) is 4.28. The van der Waals surface area contributed by atoms with Gasteiger partial charge in [0.05, 0.1) is 21.3 Å². The van der Waals surface area contributed by atoms with Crippen LogP contribution < -0.4 is 20.3 Å². The Morgan fingerprint density at radius 1 is 1.06 bits per heavy atom. The van der Waals surface area contributed by atoms with Crippen molar-refractivity contribution in [2.45, 2.75) is 26.1 Å². The first-order chi connectivity index (χ1) is 15.0. The van der Waals surface area contributed by atoms with E-state index in [9.17, 15) is 4.79 Å². The largest absolute Gasteiger partial charge is 0.454 e. The molecule has 9 heteroatoms. The molecule has 3 heterocycles. The maximum atomic E-state index is 12.7. The molecular formula is C22H20Cl2N4O3. The van der Waals surface area contributed by atoms with Gasteiger partial charge in [0.2, 0.25) is 12.7 Å². The number of halogens is 2. The molecule has 2 aliphatic heterocycles. The number of benzene rings is 2. The van der Waals surface area contributed by atoms with Crippen LogP contribution in [0.1, 0.15) is 22.4 Å². The van der Waals surface area contributed by atoms with Crippen LogP contribution in [0.25, 0.3) is 0 Å². The number of aromatic amines is 1. The minimum absolute atomic E-state index is 0.114. The lowest BCUT2D eigenvalue weighted by Crippen LogP contribution is -2.35. The van der Waals surface area contributed by atoms with E-state index in [4.69, 9.17) is 32.7 Å². The average Bonchev–Trinajstić information content (AvgIpc) is 3.23. The normalized spacial score (nSPS) is 15.0. The summed E-state index contributed by atoms with van der Waals surface area (Å²) in [6, 6.07) is 11.4. The van der Waals surface area contributed by atoms with Crippen LogP contribution in [0, 0.1) is 0 Å². The zero-order valence-electron chi connectivity index (χ0n) is 16.6. The molecule has 0 fully saturated rings. The molecule has 0 saturated carbocycles. The molecule has 0 amide bonds. The SMILES string of the molecule is O=c1[nH]c(NCc2ccc3c(c2)OCO3)nc2c1CN(Cc1ccc(Cl)c(Cl)c1)CC2. The monoisotopic (exact) mass is 458 g/mol. The maximum absolute atomic E-state index is 12.7. The molecule has 0 saturated heterocycles. The van der Waals surface area contributed by atoms with E-state index in [1.54, 1.807) is 6.07 Å². The average molecular weight is 459 g/mol. The number of aromatic nitrogens is 2. The van der Waals surface area contributed by atoms with Gasteiger partial charge in [-0.1, -0.05) is 35.3 Å². The van der Waals surface area contributed by atoms with Gasteiger partial charge in [0.1, 0.15) is 0 Å². The van der Waals surface area contributed by atoms with E-state index >= 15 is 0 Å². The maximum Gasteiger partial charge on any atom is 0.257 e. The Morgan fingerprint density at radius 3 is 2.77 bits per heavy atom. The minimum atomic E-state index is -0.114. The van der Waals surface area contributed by atoms with Gasteiger partial charge in [0, 0.05) is 32.6 Å². The van der Waals surface area contributed by atoms with Crippen LogP contribution in [-0.4, -0.2) is 28.2 Å². The van der Waals surface area contributed by atoms with Crippen molar-refractivity contribution in [3.05, 3.63) is 79.2 Å². The fourth-order valence-corrected chi connectivity index (χ4v) is 4.15. The molecular weight excluding hydrogens is 439 g/mol. The van der Waals surface area contributed by atoms with Gasteiger partial charge in [-0.2, -0.15) is 0 Å². The van der Waals surface area contributed by atoms with Crippen LogP contribution in [0.2, 0.25) is 10.0 Å². The number of ether oxygens (including phenoxy) is 2. The van der Waals surface area contributed by atoms with Crippen LogP contribution in [0.4, 0.5) is 5.95 Å². The van der Waals surface area contributed by atoms with Crippen molar-refractivity contribution in [3.8, 4) is 11.5 Å². The van der Waals surface area contributed by atoms with E-state index < -0.39 is 0 Å². The predicted molar refractivity (Wildman–Crippen MR) is 119 cm³/mol. The van der Waals surface area contributed by atoms with Crippen LogP contribution in [0.3, 0.4) is 0 Å². The summed E-state index contributed by atoms with van der Waals surface area (Å²) in [7, 11) is 0. The molecule has 3 aromatic rings. The van der Waals surface area contributed by atoms with Crippen LogP contribution in [0.5, 0.6) is 11.5 Å². The van der Waals surface area contributed by atoms with Crippen molar-refractivity contribution in [1.82, 2.24) is 14.9 Å². The third kappa shape index (κ3) is 4.35. The summed E-state index contributed by atoms with van der Waals surface area (Å²) in [6.45, 7) is 2.81. The van der Waals surface area contributed by atoms with E-state index in [2.05, 4.69) is 20.2 Å². The lowest BCUT2D eigenvalue weighted by atomic mass is 10.1. The molecule has 5 rings (SSSR count). The van der Waals surface area contributed by atoms with Crippen molar-refractivity contribution in [2.24, 2.45) is 0 Å². The molecule has 0 aliphatic carbocycles. The smallest absolute Gasteiger partial charge is 0.257 e. The number of rotatable bonds is 5. The number of fused-ring (bicyclic) bond motifs is 2. The number of anilines is 1. The van der Waals surface area contributed by atoms with E-state index in [0.29, 0.717) is 47.6 Å². The van der Waals surface area contributed by atoms with Crippen molar-refractivity contribution in [2.75, 3.05) is 18.7 Å². The van der Waals surface area contributed by atoms with Crippen molar-refractivity contribution >= 4 is 29.2 Å². The number of hydrogen-bond donors (Lipinski definition) is 2. The second-order valence-electron chi connectivity index (χ2n) is 7.59. The van der Waals surface area contributed by atoms with Gasteiger partial charge in [-0.25, -0.2) is 4.98 Å². The number of hydrogen-bond acceptors (Lipinski definition) is 6. The fourth-order valence-electron chi connectivity index (χ4n) is 3.83. The molecule has 0 unspecified atom stereocenters. The quantitative estimate of drug-likeness (QED) is 0.601. The highest BCUT2D eigenvalue weighted by Gasteiger charge is 2.21. The summed E-state index contributed by atoms with van der Waals surface area (Å²) in [5.74, 6) is 1.95. The zero-order chi connectivity index (χ0) is 21.4. The molecule has 2 aromatic carbocycles. The molecule has 7 nitrogen and oxygen atoms in total. The second-order valence-corrected chi connectivity index (χ2v) is 8.40. The summed E-state index contributed by atoms with van der Waals surface area (Å²) in [6.07, 6.45) is 0.708. The highest BCUT2D eigenvalue weighted by atomic mass is 35.5. The molecule has 1 aromatic heterocycles. The third-order valence-electron chi connectivity index (χ3n) is 5.43. The Balaban J connectivity index is 1.26. The molecule has 0 spiro atoms. The topological polar surface area (TPSA) is 79.5 Å². The summed E-state index contributed by atoms with van der Waals surface area (Å²) >= 11 is 12.1. The molecule has 2 N–H and O–H groups in total. The highest BCUT2D eigenvalue weighted by molar-refractivity contribution is 6.42. The van der Waals surface area contributed by atoms with Crippen molar-refractivity contribution < 1.29 is 9.47 Å². The van der Waals surface area contributed by atoms with Gasteiger partial charge in [-0.15, -0.1) is 0 Å². The molecule has 160 valence electrons. The van der Waals surface area contributed by atoms with Gasteiger partial charge < -0.3 is 14.8 Å². The summed E-state index contributed by atoms with van der Waals surface area (Å²) in [5.41, 5.74) is 3.50. The first-order valence-corrected chi connectivity index (χ1v) is 10.7. The molecule has 31 heavy (non-hydrogen) atoms. The number of nitrogens with one attached hydrogen (secondary N) is 2. The van der Waals surface area contributed by atoms with Crippen LogP contribution >= 0.6 is 23.2 Å². The fraction of sp³-hybridized carbons (Fsp3) is 0.273. The second kappa shape index (κ2) is 8.42. The lowest BCUT2D eigenvalue weighted by Gasteiger charge is -2.27. The Kier molecular flexibility index (Phi) is 5.48. The Labute approximate surface area is 188 Å². The lowest BCUT2D eigenvalue weighted by molar-refractivity contribution is 0.174. The molecule has 0 atom stereocenters. The molecule has 0 radical (unpaired) electrons. The Bertz CT molecular complexity index is 1200. The predicted octanol–water partition coefficient (Wildman–Crippen LogP) is 3.98. The first-order valence-electron chi connectivity index (χ1n) is 9.96. The van der Waals surface area contributed by atoms with E-state index in [1.165, 1.54) is 0 Å². The van der Waals surface area contributed by atoms with Gasteiger partial charge >= 0.3 is 0 Å². The number of H-pyrrole nitrogens is 1. The Morgan fingerprint density at radius 2 is 1.90 bits per heavy atom. The van der Waals surface area contributed by atoms with Gasteiger partial charge in [-0.05, 0) is 35.4 Å². The van der Waals surface area contributed by atoms with Crippen LogP contribution in [0.15, 0.2) is 41.2 Å². The highest BCUT2D eigenvalue weighted by Crippen LogP contribution is 2.32. The van der Waals surface area contributed by atoms with E-state index in [1.807, 2.05) is 30.3 Å². The van der Waals surface area contributed by atoms with Gasteiger partial charge in [-0.3, -0.25) is 14.7 Å². The van der Waals surface area contributed by atoms with Gasteiger partial charge in [0.25, 0.3) is 5.56 Å². The van der Waals surface area contributed by atoms with E-state index in [0.717, 1.165) is 34.9 Å².